The fourth-order valence-electron chi connectivity index (χ4n) is 1.02. The number of hydrogen-bond acceptors (Lipinski definition) is 1. The van der Waals surface area contributed by atoms with Crippen molar-refractivity contribution in [2.45, 2.75) is 13.5 Å². The minimum absolute atomic E-state index is 0.619. The largest absolute Gasteiger partial charge is 0.373 e. The molecule has 1 rings (SSSR count). The smallest absolute Gasteiger partial charge is 0.0723 e. The Morgan fingerprint density at radius 2 is 2.17 bits per heavy atom. The zero-order chi connectivity index (χ0) is 8.81. The first-order valence-electron chi connectivity index (χ1n) is 4.07. The Kier molecular flexibility index (Phi) is 3.55. The van der Waals surface area contributed by atoms with Crippen molar-refractivity contribution < 1.29 is 4.74 Å². The molecule has 0 amide bonds. The van der Waals surface area contributed by atoms with Gasteiger partial charge in [0.2, 0.25) is 0 Å². The minimum Gasteiger partial charge on any atom is -0.373 e. The van der Waals surface area contributed by atoms with Gasteiger partial charge in [-0.05, 0) is 18.1 Å². The molecule has 0 saturated heterocycles. The van der Waals surface area contributed by atoms with Gasteiger partial charge in [0.25, 0.3) is 0 Å². The maximum Gasteiger partial charge on any atom is 0.0723 e. The van der Waals surface area contributed by atoms with Crippen molar-refractivity contribution in [1.82, 2.24) is 0 Å². The first-order valence-corrected chi connectivity index (χ1v) is 4.07. The predicted molar refractivity (Wildman–Crippen MR) is 51.0 cm³/mol. The summed E-state index contributed by atoms with van der Waals surface area (Å²) in [7, 11) is 0. The van der Waals surface area contributed by atoms with Crippen LogP contribution in [0.5, 0.6) is 0 Å². The second-order valence-electron chi connectivity index (χ2n) is 2.73. The normalized spacial score (nSPS) is 9.75. The molecule has 0 radical (unpaired) electrons. The quantitative estimate of drug-likeness (QED) is 0.488. The van der Waals surface area contributed by atoms with E-state index in [1.54, 1.807) is 6.08 Å². The van der Waals surface area contributed by atoms with E-state index in [2.05, 4.69) is 25.6 Å². The fourth-order valence-corrected chi connectivity index (χ4v) is 1.02. The van der Waals surface area contributed by atoms with Gasteiger partial charge in [0.05, 0.1) is 13.2 Å². The highest BCUT2D eigenvalue weighted by Crippen LogP contribution is 2.07. The third kappa shape index (κ3) is 2.51. The van der Waals surface area contributed by atoms with Crippen molar-refractivity contribution in [3.8, 4) is 0 Å². The second kappa shape index (κ2) is 4.73. The molecular formula is C11H14O. The lowest BCUT2D eigenvalue weighted by atomic mass is 10.1. The maximum atomic E-state index is 5.33. The van der Waals surface area contributed by atoms with E-state index in [4.69, 9.17) is 4.74 Å². The average molecular weight is 162 g/mol. The van der Waals surface area contributed by atoms with Crippen LogP contribution < -0.4 is 0 Å². The van der Waals surface area contributed by atoms with Gasteiger partial charge in [0, 0.05) is 0 Å². The minimum atomic E-state index is 0.619. The summed E-state index contributed by atoms with van der Waals surface area (Å²) in [6.45, 7) is 6.98. The Balaban J connectivity index is 2.51. The zero-order valence-corrected chi connectivity index (χ0v) is 7.42. The lowest BCUT2D eigenvalue weighted by Gasteiger charge is -2.04. The van der Waals surface area contributed by atoms with Gasteiger partial charge in [0.15, 0.2) is 0 Å². The summed E-state index contributed by atoms with van der Waals surface area (Å²) in [5, 5.41) is 0. The molecule has 0 saturated carbocycles. The van der Waals surface area contributed by atoms with Gasteiger partial charge < -0.3 is 4.74 Å². The molecule has 0 bridgehead atoms. The number of rotatable bonds is 4. The Labute approximate surface area is 73.7 Å². The van der Waals surface area contributed by atoms with E-state index in [1.165, 1.54) is 11.1 Å². The van der Waals surface area contributed by atoms with E-state index in [0.717, 1.165) is 0 Å². The molecule has 0 spiro atoms. The summed E-state index contributed by atoms with van der Waals surface area (Å²) < 4.78 is 5.33. The van der Waals surface area contributed by atoms with E-state index in [1.807, 2.05) is 12.1 Å². The van der Waals surface area contributed by atoms with Crippen molar-refractivity contribution in [3.63, 3.8) is 0 Å². The molecule has 0 unspecified atom stereocenters. The van der Waals surface area contributed by atoms with Gasteiger partial charge >= 0.3 is 0 Å². The Hall–Kier alpha value is -1.08. The van der Waals surface area contributed by atoms with Crippen molar-refractivity contribution in [1.29, 1.82) is 0 Å². The van der Waals surface area contributed by atoms with E-state index in [-0.39, 0.29) is 0 Å². The van der Waals surface area contributed by atoms with Gasteiger partial charge in [-0.25, -0.2) is 0 Å². The Morgan fingerprint density at radius 1 is 1.42 bits per heavy atom. The van der Waals surface area contributed by atoms with Crippen LogP contribution in [0.3, 0.4) is 0 Å². The van der Waals surface area contributed by atoms with Crippen molar-refractivity contribution in [2.24, 2.45) is 0 Å². The highest BCUT2D eigenvalue weighted by molar-refractivity contribution is 5.24. The van der Waals surface area contributed by atoms with Gasteiger partial charge in [-0.3, -0.25) is 0 Å². The maximum absolute atomic E-state index is 5.33. The van der Waals surface area contributed by atoms with Crippen molar-refractivity contribution in [2.75, 3.05) is 6.61 Å². The lowest BCUT2D eigenvalue weighted by molar-refractivity contribution is 0.148. The monoisotopic (exact) mass is 162 g/mol. The van der Waals surface area contributed by atoms with E-state index >= 15 is 0 Å². The van der Waals surface area contributed by atoms with E-state index < -0.39 is 0 Å². The van der Waals surface area contributed by atoms with Crippen LogP contribution in [0.25, 0.3) is 0 Å². The number of aryl methyl sites for hydroxylation is 1. The topological polar surface area (TPSA) is 9.23 Å². The molecule has 0 heterocycles. The molecule has 1 aromatic carbocycles. The van der Waals surface area contributed by atoms with Gasteiger partial charge in [-0.2, -0.15) is 0 Å². The van der Waals surface area contributed by atoms with Crippen LogP contribution in [0, 0.1) is 6.92 Å². The summed E-state index contributed by atoms with van der Waals surface area (Å²) in [6, 6.07) is 8.23. The zero-order valence-electron chi connectivity index (χ0n) is 7.42. The molecule has 1 heteroatoms. The second-order valence-corrected chi connectivity index (χ2v) is 2.73. The molecule has 64 valence electrons. The van der Waals surface area contributed by atoms with Crippen LogP contribution in [0.2, 0.25) is 0 Å². The molecule has 1 nitrogen and oxygen atoms in total. The Bertz CT molecular complexity index is 253. The molecule has 0 atom stereocenters. The molecule has 0 aliphatic carbocycles. The molecule has 0 N–H and O–H groups in total. The molecular weight excluding hydrogens is 148 g/mol. The first kappa shape index (κ1) is 9.01. The molecule has 0 aliphatic heterocycles. The van der Waals surface area contributed by atoms with Gasteiger partial charge in [0.1, 0.15) is 0 Å². The van der Waals surface area contributed by atoms with Crippen LogP contribution in [0.15, 0.2) is 36.9 Å². The Morgan fingerprint density at radius 3 is 2.83 bits per heavy atom. The molecule has 0 aromatic heterocycles. The third-order valence-electron chi connectivity index (χ3n) is 1.75. The fraction of sp³-hybridized carbons (Fsp3) is 0.273. The van der Waals surface area contributed by atoms with Crippen LogP contribution >= 0.6 is 0 Å². The number of benzene rings is 1. The summed E-state index contributed by atoms with van der Waals surface area (Å²) >= 11 is 0. The van der Waals surface area contributed by atoms with Crippen LogP contribution in [0.1, 0.15) is 11.1 Å². The van der Waals surface area contributed by atoms with E-state index in [0.29, 0.717) is 13.2 Å². The van der Waals surface area contributed by atoms with Gasteiger partial charge in [-0.1, -0.05) is 30.3 Å². The van der Waals surface area contributed by atoms with Crippen molar-refractivity contribution >= 4 is 0 Å². The standard InChI is InChI=1S/C11H14O/c1-3-8-12-9-11-7-5-4-6-10(11)2/h3-7H,1,8-9H2,2H3. The summed E-state index contributed by atoms with van der Waals surface area (Å²) in [5.74, 6) is 0. The highest BCUT2D eigenvalue weighted by atomic mass is 16.5. The van der Waals surface area contributed by atoms with Gasteiger partial charge in [-0.15, -0.1) is 6.58 Å². The summed E-state index contributed by atoms with van der Waals surface area (Å²) in [4.78, 5) is 0. The number of ether oxygens (including phenoxy) is 1. The predicted octanol–water partition coefficient (Wildman–Crippen LogP) is 2.70. The van der Waals surface area contributed by atoms with Crippen LogP contribution in [-0.4, -0.2) is 6.61 Å². The lowest BCUT2D eigenvalue weighted by Crippen LogP contribution is -1.94. The number of hydrogen-bond donors (Lipinski definition) is 0. The van der Waals surface area contributed by atoms with Crippen molar-refractivity contribution in [3.05, 3.63) is 48.0 Å². The van der Waals surface area contributed by atoms with Crippen LogP contribution in [0.4, 0.5) is 0 Å². The molecule has 1 aromatic rings. The molecule has 12 heavy (non-hydrogen) atoms. The van der Waals surface area contributed by atoms with E-state index in [9.17, 15) is 0 Å². The summed E-state index contributed by atoms with van der Waals surface area (Å²) in [6.07, 6.45) is 1.76. The highest BCUT2D eigenvalue weighted by Gasteiger charge is 1.94. The summed E-state index contributed by atoms with van der Waals surface area (Å²) in [5.41, 5.74) is 2.53. The molecule has 0 fully saturated rings. The SMILES string of the molecule is C=CCOCc1ccccc1C. The third-order valence-corrected chi connectivity index (χ3v) is 1.75. The first-order chi connectivity index (χ1) is 5.84. The molecule has 0 aliphatic rings. The van der Waals surface area contributed by atoms with Crippen LogP contribution in [-0.2, 0) is 11.3 Å². The average Bonchev–Trinajstić information content (AvgIpc) is 2.09.